The highest BCUT2D eigenvalue weighted by Crippen LogP contribution is 1.92. The highest BCUT2D eigenvalue weighted by molar-refractivity contribution is 4.64. The minimum Gasteiger partial charge on any atom is -0.328 e. The zero-order valence-corrected chi connectivity index (χ0v) is 3.48. The summed E-state index contributed by atoms with van der Waals surface area (Å²) in [5.41, 5.74) is 7.80. The Morgan fingerprint density at radius 1 is 2.00 bits per heavy atom. The third kappa shape index (κ3) is 0.518. The van der Waals surface area contributed by atoms with Gasteiger partial charge in [0.1, 0.15) is 6.10 Å². The Bertz CT molecular complexity index is 41.3. The predicted octanol–water partition coefficient (Wildman–Crippen LogP) is -1.15. The topological polar surface area (TPSA) is 47.3 Å². The van der Waals surface area contributed by atoms with E-state index in [4.69, 9.17) is 10.6 Å². The van der Waals surface area contributed by atoms with Crippen LogP contribution >= 0.6 is 0 Å². The summed E-state index contributed by atoms with van der Waals surface area (Å²) >= 11 is 0. The van der Waals surface area contributed by atoms with E-state index < -0.39 is 0 Å². The van der Waals surface area contributed by atoms with Crippen molar-refractivity contribution in [2.75, 3.05) is 13.1 Å². The zero-order valence-electron chi connectivity index (χ0n) is 3.48. The molecule has 0 bridgehead atoms. The van der Waals surface area contributed by atoms with E-state index in [0.29, 0.717) is 6.54 Å². The van der Waals surface area contributed by atoms with Crippen LogP contribution in [0.3, 0.4) is 0 Å². The molecule has 0 amide bonds. The molecule has 1 rings (SSSR count). The fraction of sp³-hybridized carbons (Fsp3) is 1.00. The molecule has 1 unspecified atom stereocenters. The maximum Gasteiger partial charge on any atom is 0.106 e. The first-order valence-corrected chi connectivity index (χ1v) is 2.02. The lowest BCUT2D eigenvalue weighted by molar-refractivity contribution is -0.115. The van der Waals surface area contributed by atoms with Crippen LogP contribution in [0.2, 0.25) is 0 Å². The molecule has 1 fully saturated rings. The second-order valence-corrected chi connectivity index (χ2v) is 1.32. The minimum absolute atomic E-state index is 0.282. The van der Waals surface area contributed by atoms with E-state index in [0.717, 1.165) is 6.54 Å². The summed E-state index contributed by atoms with van der Waals surface area (Å²) in [6, 6.07) is 0. The summed E-state index contributed by atoms with van der Waals surface area (Å²) < 4.78 is 0. The molecule has 0 aliphatic carbocycles. The van der Waals surface area contributed by atoms with Crippen molar-refractivity contribution in [2.45, 2.75) is 6.10 Å². The van der Waals surface area contributed by atoms with Crippen molar-refractivity contribution in [3.05, 3.63) is 0 Å². The lowest BCUT2D eigenvalue weighted by Gasteiger charge is -2.24. The molecule has 1 aliphatic heterocycles. The Labute approximate surface area is 36.4 Å². The average molecular weight is 88.1 g/mol. The fourth-order valence-corrected chi connectivity index (χ4v) is 0.333. The number of hydrogen-bond acceptors (Lipinski definition) is 3. The SMILES string of the molecule is NCC1CNO1. The molecule has 1 atom stereocenters. The minimum atomic E-state index is 0.282. The van der Waals surface area contributed by atoms with Crippen LogP contribution in [0.25, 0.3) is 0 Å². The smallest absolute Gasteiger partial charge is 0.106 e. The number of hydroxylamine groups is 1. The van der Waals surface area contributed by atoms with E-state index in [2.05, 4.69) is 5.48 Å². The van der Waals surface area contributed by atoms with E-state index in [1.54, 1.807) is 0 Å². The van der Waals surface area contributed by atoms with Gasteiger partial charge in [-0.2, -0.15) is 5.48 Å². The second kappa shape index (κ2) is 1.55. The first-order chi connectivity index (χ1) is 2.93. The highest BCUT2D eigenvalue weighted by Gasteiger charge is 2.14. The van der Waals surface area contributed by atoms with Gasteiger partial charge in [-0.1, -0.05) is 0 Å². The van der Waals surface area contributed by atoms with Gasteiger partial charge in [0.15, 0.2) is 0 Å². The molecule has 6 heavy (non-hydrogen) atoms. The molecule has 1 aliphatic rings. The molecule has 0 radical (unpaired) electrons. The molecule has 1 saturated heterocycles. The highest BCUT2D eigenvalue weighted by atomic mass is 16.7. The van der Waals surface area contributed by atoms with Gasteiger partial charge in [-0.05, 0) is 0 Å². The van der Waals surface area contributed by atoms with Gasteiger partial charge in [0.25, 0.3) is 0 Å². The third-order valence-corrected chi connectivity index (χ3v) is 0.824. The van der Waals surface area contributed by atoms with Gasteiger partial charge in [-0.25, -0.2) is 0 Å². The zero-order chi connectivity index (χ0) is 4.41. The van der Waals surface area contributed by atoms with Crippen molar-refractivity contribution < 1.29 is 4.84 Å². The Balaban J connectivity index is 2.01. The van der Waals surface area contributed by atoms with Crippen molar-refractivity contribution in [2.24, 2.45) is 5.73 Å². The van der Waals surface area contributed by atoms with Crippen LogP contribution in [0.5, 0.6) is 0 Å². The lowest BCUT2D eigenvalue weighted by atomic mass is 10.3. The van der Waals surface area contributed by atoms with E-state index >= 15 is 0 Å². The molecule has 0 saturated carbocycles. The number of nitrogens with two attached hydrogens (primary N) is 1. The summed E-state index contributed by atoms with van der Waals surface area (Å²) in [6.07, 6.45) is 0.282. The third-order valence-electron chi connectivity index (χ3n) is 0.824. The molecule has 36 valence electrons. The van der Waals surface area contributed by atoms with Gasteiger partial charge < -0.3 is 5.73 Å². The van der Waals surface area contributed by atoms with Crippen molar-refractivity contribution >= 4 is 0 Å². The number of hydrogen-bond donors (Lipinski definition) is 2. The van der Waals surface area contributed by atoms with E-state index in [9.17, 15) is 0 Å². The quantitative estimate of drug-likeness (QED) is 0.425. The van der Waals surface area contributed by atoms with E-state index in [1.165, 1.54) is 0 Å². The number of rotatable bonds is 1. The first kappa shape index (κ1) is 4.05. The monoisotopic (exact) mass is 88.1 g/mol. The summed E-state index contributed by atoms with van der Waals surface area (Å²) in [5.74, 6) is 0. The van der Waals surface area contributed by atoms with Gasteiger partial charge in [-0.15, -0.1) is 0 Å². The molecule has 0 aromatic heterocycles. The van der Waals surface area contributed by atoms with Crippen LogP contribution in [0.4, 0.5) is 0 Å². The second-order valence-electron chi connectivity index (χ2n) is 1.32. The fourth-order valence-electron chi connectivity index (χ4n) is 0.333. The van der Waals surface area contributed by atoms with Crippen molar-refractivity contribution in [1.29, 1.82) is 0 Å². The lowest BCUT2D eigenvalue weighted by Crippen LogP contribution is -2.48. The van der Waals surface area contributed by atoms with Gasteiger partial charge in [0, 0.05) is 6.54 Å². The molecule has 3 N–H and O–H groups in total. The van der Waals surface area contributed by atoms with Crippen molar-refractivity contribution in [3.63, 3.8) is 0 Å². The van der Waals surface area contributed by atoms with Gasteiger partial charge in [0.05, 0.1) is 6.54 Å². The Hall–Kier alpha value is -0.120. The predicted molar refractivity (Wildman–Crippen MR) is 21.9 cm³/mol. The summed E-state index contributed by atoms with van der Waals surface area (Å²) in [6.45, 7) is 1.55. The van der Waals surface area contributed by atoms with Crippen molar-refractivity contribution in [1.82, 2.24) is 5.48 Å². The van der Waals surface area contributed by atoms with Gasteiger partial charge >= 0.3 is 0 Å². The Morgan fingerprint density at radius 3 is 2.67 bits per heavy atom. The van der Waals surface area contributed by atoms with E-state index in [1.807, 2.05) is 0 Å². The molecule has 3 heteroatoms. The average Bonchev–Trinajstić information content (AvgIpc) is 1.31. The van der Waals surface area contributed by atoms with Crippen LogP contribution in [-0.2, 0) is 4.84 Å². The molecule has 0 spiro atoms. The van der Waals surface area contributed by atoms with Crippen LogP contribution in [0.15, 0.2) is 0 Å². The summed E-state index contributed by atoms with van der Waals surface area (Å²) in [4.78, 5) is 4.70. The number of nitrogens with one attached hydrogen (secondary N) is 1. The van der Waals surface area contributed by atoms with Crippen LogP contribution in [0, 0.1) is 0 Å². The largest absolute Gasteiger partial charge is 0.328 e. The summed E-state index contributed by atoms with van der Waals surface area (Å²) in [7, 11) is 0. The van der Waals surface area contributed by atoms with Crippen LogP contribution in [0.1, 0.15) is 0 Å². The van der Waals surface area contributed by atoms with Gasteiger partial charge in [0.2, 0.25) is 0 Å². The summed E-state index contributed by atoms with van der Waals surface area (Å²) in [5, 5.41) is 0. The first-order valence-electron chi connectivity index (χ1n) is 2.02. The van der Waals surface area contributed by atoms with Gasteiger partial charge in [-0.3, -0.25) is 4.84 Å². The van der Waals surface area contributed by atoms with Crippen LogP contribution < -0.4 is 11.2 Å². The normalized spacial score (nSPS) is 32.5. The molecule has 3 nitrogen and oxygen atoms in total. The standard InChI is InChI=1S/C3H8N2O/c4-1-3-2-5-6-3/h3,5H,1-2,4H2. The molecule has 1 heterocycles. The molecular formula is C3H8N2O. The molecule has 0 aromatic rings. The van der Waals surface area contributed by atoms with Crippen LogP contribution in [-0.4, -0.2) is 19.2 Å². The molecular weight excluding hydrogens is 80.0 g/mol. The Morgan fingerprint density at radius 2 is 2.67 bits per heavy atom. The Kier molecular flexibility index (Phi) is 1.05. The van der Waals surface area contributed by atoms with Crippen molar-refractivity contribution in [3.8, 4) is 0 Å². The maximum absolute atomic E-state index is 5.17. The maximum atomic E-state index is 5.17. The van der Waals surface area contributed by atoms with E-state index in [-0.39, 0.29) is 6.10 Å². The molecule has 0 aromatic carbocycles.